The van der Waals surface area contributed by atoms with Gasteiger partial charge < -0.3 is 15.2 Å². The van der Waals surface area contributed by atoms with Crippen LogP contribution in [0.15, 0.2) is 71.5 Å². The maximum Gasteiger partial charge on any atom is 0.251 e. The van der Waals surface area contributed by atoms with Gasteiger partial charge in [-0.3, -0.25) is 9.59 Å². The lowest BCUT2D eigenvalue weighted by Gasteiger charge is -2.08. The van der Waals surface area contributed by atoms with Crippen LogP contribution in [0.4, 0.5) is 5.69 Å². The van der Waals surface area contributed by atoms with E-state index >= 15 is 0 Å². The highest BCUT2D eigenvalue weighted by Crippen LogP contribution is 2.22. The van der Waals surface area contributed by atoms with Gasteiger partial charge in [-0.05, 0) is 36.8 Å². The standard InChI is InChI=1S/C24H23N5O2S2/c1-16-27-21(14-32-16)18-5-3-17(4-6-18)13-26-23(31)19-7-9-20(10-8-19)28-22(30)15-33-24-25-11-12-29(24)2/h3-12,14H,13,15H2,1-2H3,(H,26,31)(H,28,30). The molecule has 2 aromatic carbocycles. The summed E-state index contributed by atoms with van der Waals surface area (Å²) in [4.78, 5) is 33.3. The van der Waals surface area contributed by atoms with Crippen molar-refractivity contribution in [2.75, 3.05) is 11.1 Å². The van der Waals surface area contributed by atoms with Crippen LogP contribution in [0.25, 0.3) is 11.3 Å². The predicted octanol–water partition coefficient (Wildman–Crippen LogP) is 4.51. The Morgan fingerprint density at radius 3 is 2.48 bits per heavy atom. The lowest BCUT2D eigenvalue weighted by Crippen LogP contribution is -2.22. The van der Waals surface area contributed by atoms with Crippen molar-refractivity contribution in [3.8, 4) is 11.3 Å². The second-order valence-electron chi connectivity index (χ2n) is 7.37. The van der Waals surface area contributed by atoms with E-state index in [4.69, 9.17) is 0 Å². The molecule has 4 rings (SSSR count). The minimum atomic E-state index is -0.169. The van der Waals surface area contributed by atoms with Gasteiger partial charge in [-0.15, -0.1) is 11.3 Å². The molecule has 2 N–H and O–H groups in total. The molecule has 4 aromatic rings. The van der Waals surface area contributed by atoms with Gasteiger partial charge in [0.1, 0.15) is 0 Å². The minimum absolute atomic E-state index is 0.128. The number of carbonyl (C=O) groups excluding carboxylic acids is 2. The number of aromatic nitrogens is 3. The van der Waals surface area contributed by atoms with Gasteiger partial charge in [-0.25, -0.2) is 9.97 Å². The largest absolute Gasteiger partial charge is 0.348 e. The van der Waals surface area contributed by atoms with Crippen molar-refractivity contribution in [1.82, 2.24) is 19.9 Å². The Bertz CT molecular complexity index is 1250. The van der Waals surface area contributed by atoms with Crippen LogP contribution in [0.3, 0.4) is 0 Å². The summed E-state index contributed by atoms with van der Waals surface area (Å²) in [5.74, 6) is -0.0394. The number of hydrogen-bond donors (Lipinski definition) is 2. The van der Waals surface area contributed by atoms with Crippen LogP contribution in [0.5, 0.6) is 0 Å². The molecular weight excluding hydrogens is 454 g/mol. The predicted molar refractivity (Wildman–Crippen MR) is 132 cm³/mol. The quantitative estimate of drug-likeness (QED) is 0.365. The monoisotopic (exact) mass is 477 g/mol. The number of hydrogen-bond acceptors (Lipinski definition) is 6. The van der Waals surface area contributed by atoms with Crippen LogP contribution in [-0.2, 0) is 18.4 Å². The molecule has 0 aliphatic rings. The molecule has 0 radical (unpaired) electrons. The van der Waals surface area contributed by atoms with Crippen LogP contribution < -0.4 is 10.6 Å². The number of thiazole rings is 1. The van der Waals surface area contributed by atoms with E-state index in [2.05, 4.69) is 20.6 Å². The van der Waals surface area contributed by atoms with Gasteiger partial charge in [-0.2, -0.15) is 0 Å². The molecule has 0 fully saturated rings. The summed E-state index contributed by atoms with van der Waals surface area (Å²) >= 11 is 2.99. The van der Waals surface area contributed by atoms with E-state index < -0.39 is 0 Å². The fourth-order valence-corrected chi connectivity index (χ4v) is 4.45. The number of benzene rings is 2. The molecule has 0 bridgehead atoms. The number of rotatable bonds is 8. The van der Waals surface area contributed by atoms with E-state index in [0.29, 0.717) is 17.8 Å². The number of aryl methyl sites for hydroxylation is 2. The molecule has 0 unspecified atom stereocenters. The number of thioether (sulfide) groups is 1. The number of imidazole rings is 1. The molecule has 0 atom stereocenters. The number of nitrogens with zero attached hydrogens (tertiary/aromatic N) is 3. The fraction of sp³-hybridized carbons (Fsp3) is 0.167. The maximum atomic E-state index is 12.5. The van der Waals surface area contributed by atoms with E-state index in [-0.39, 0.29) is 17.6 Å². The number of carbonyl (C=O) groups is 2. The lowest BCUT2D eigenvalue weighted by atomic mass is 10.1. The Kier molecular flexibility index (Phi) is 7.21. The molecule has 9 heteroatoms. The Labute approximate surface area is 200 Å². The van der Waals surface area contributed by atoms with Crippen molar-refractivity contribution >= 4 is 40.6 Å². The summed E-state index contributed by atoms with van der Waals surface area (Å²) in [6, 6.07) is 14.9. The Morgan fingerprint density at radius 1 is 1.09 bits per heavy atom. The second kappa shape index (κ2) is 10.5. The normalized spacial score (nSPS) is 10.7. The number of nitrogens with one attached hydrogen (secondary N) is 2. The molecule has 0 saturated carbocycles. The average molecular weight is 478 g/mol. The van der Waals surface area contributed by atoms with Gasteiger partial charge in [0, 0.05) is 48.2 Å². The molecule has 168 valence electrons. The van der Waals surface area contributed by atoms with Crippen LogP contribution in [-0.4, -0.2) is 32.1 Å². The highest BCUT2D eigenvalue weighted by atomic mass is 32.2. The van der Waals surface area contributed by atoms with Crippen LogP contribution in [0, 0.1) is 6.92 Å². The molecule has 2 heterocycles. The summed E-state index contributed by atoms with van der Waals surface area (Å²) in [6.45, 7) is 2.42. The van der Waals surface area contributed by atoms with E-state index in [0.717, 1.165) is 27.0 Å². The van der Waals surface area contributed by atoms with Gasteiger partial charge in [0.05, 0.1) is 16.5 Å². The smallest absolute Gasteiger partial charge is 0.251 e. The summed E-state index contributed by atoms with van der Waals surface area (Å²) in [7, 11) is 1.88. The summed E-state index contributed by atoms with van der Waals surface area (Å²) in [6.07, 6.45) is 3.53. The first-order valence-corrected chi connectivity index (χ1v) is 12.1. The van der Waals surface area contributed by atoms with Crippen LogP contribution >= 0.6 is 23.1 Å². The van der Waals surface area contributed by atoms with Gasteiger partial charge in [0.2, 0.25) is 5.91 Å². The molecule has 2 amide bonds. The summed E-state index contributed by atoms with van der Waals surface area (Å²) in [5, 5.41) is 9.62. The second-order valence-corrected chi connectivity index (χ2v) is 9.37. The zero-order valence-electron chi connectivity index (χ0n) is 18.2. The molecule has 33 heavy (non-hydrogen) atoms. The van der Waals surface area contributed by atoms with E-state index in [9.17, 15) is 9.59 Å². The third kappa shape index (κ3) is 6.09. The van der Waals surface area contributed by atoms with Crippen molar-refractivity contribution in [2.24, 2.45) is 7.05 Å². The zero-order valence-corrected chi connectivity index (χ0v) is 19.9. The third-order valence-corrected chi connectivity index (χ3v) is 6.69. The summed E-state index contributed by atoms with van der Waals surface area (Å²) < 4.78 is 1.86. The zero-order chi connectivity index (χ0) is 23.2. The Hall–Kier alpha value is -3.43. The molecule has 2 aromatic heterocycles. The van der Waals surface area contributed by atoms with Crippen molar-refractivity contribution in [2.45, 2.75) is 18.6 Å². The van der Waals surface area contributed by atoms with E-state index in [1.54, 1.807) is 41.8 Å². The molecule has 0 aliphatic carbocycles. The maximum absolute atomic E-state index is 12.5. The molecule has 0 aliphatic heterocycles. The SMILES string of the molecule is Cc1nc(-c2ccc(CNC(=O)c3ccc(NC(=O)CSc4nccn4C)cc3)cc2)cs1. The molecular formula is C24H23N5O2S2. The highest BCUT2D eigenvalue weighted by molar-refractivity contribution is 7.99. The number of amides is 2. The Morgan fingerprint density at radius 2 is 1.85 bits per heavy atom. The highest BCUT2D eigenvalue weighted by Gasteiger charge is 2.09. The topological polar surface area (TPSA) is 88.9 Å². The van der Waals surface area contributed by atoms with Crippen LogP contribution in [0.1, 0.15) is 20.9 Å². The van der Waals surface area contributed by atoms with Crippen molar-refractivity contribution in [3.05, 3.63) is 82.4 Å². The fourth-order valence-electron chi connectivity index (χ4n) is 3.10. The first kappa shape index (κ1) is 22.8. The molecule has 0 spiro atoms. The molecule has 7 nitrogen and oxygen atoms in total. The van der Waals surface area contributed by atoms with Crippen molar-refractivity contribution in [3.63, 3.8) is 0 Å². The average Bonchev–Trinajstić information content (AvgIpc) is 3.44. The van der Waals surface area contributed by atoms with Crippen LogP contribution in [0.2, 0.25) is 0 Å². The lowest BCUT2D eigenvalue weighted by molar-refractivity contribution is -0.113. The minimum Gasteiger partial charge on any atom is -0.348 e. The Balaban J connectivity index is 1.25. The van der Waals surface area contributed by atoms with E-state index in [1.165, 1.54) is 11.8 Å². The first-order valence-electron chi connectivity index (χ1n) is 10.3. The molecule has 0 saturated heterocycles. The van der Waals surface area contributed by atoms with Gasteiger partial charge in [0.25, 0.3) is 5.91 Å². The van der Waals surface area contributed by atoms with Crippen molar-refractivity contribution in [1.29, 1.82) is 0 Å². The van der Waals surface area contributed by atoms with Crippen molar-refractivity contribution < 1.29 is 9.59 Å². The van der Waals surface area contributed by atoms with Gasteiger partial charge in [-0.1, -0.05) is 36.0 Å². The summed E-state index contributed by atoms with van der Waals surface area (Å²) in [5.41, 5.74) is 4.21. The van der Waals surface area contributed by atoms with Gasteiger partial charge >= 0.3 is 0 Å². The van der Waals surface area contributed by atoms with E-state index in [1.807, 2.05) is 54.4 Å². The third-order valence-electron chi connectivity index (χ3n) is 4.86. The number of anilines is 1. The first-order chi connectivity index (χ1) is 16.0. The van der Waals surface area contributed by atoms with Gasteiger partial charge in [0.15, 0.2) is 5.16 Å².